The normalized spacial score (nSPS) is 15.1. The van der Waals surface area contributed by atoms with Crippen molar-refractivity contribution in [2.24, 2.45) is 0 Å². The second-order valence-electron chi connectivity index (χ2n) is 6.61. The first-order chi connectivity index (χ1) is 14.6. The van der Waals surface area contributed by atoms with Crippen LogP contribution in [0.15, 0.2) is 66.4 Å². The number of hydrogen-bond acceptors (Lipinski definition) is 6. The van der Waals surface area contributed by atoms with Crippen molar-refractivity contribution in [2.45, 2.75) is 0 Å². The first kappa shape index (κ1) is 17.9. The molecule has 2 aliphatic heterocycles. The number of carbonyl (C=O) groups is 2. The van der Waals surface area contributed by atoms with Gasteiger partial charge in [-0.2, -0.15) is 0 Å². The molecule has 0 atom stereocenters. The fraction of sp³-hybridized carbons (Fsp3) is 0.0435. The standard InChI is InChI=1S/C23H13FO6/c24-15-4-1-13(2-5-15)9-21-22(25)17-7-6-16(11-19(17)30-21)29-23(26)14-3-8-18-20(10-14)28-12-27-18/h1-11H,12H2/b21-9+. The second-order valence-corrected chi connectivity index (χ2v) is 6.61. The van der Waals surface area contributed by atoms with Crippen LogP contribution in [-0.4, -0.2) is 18.5 Å². The van der Waals surface area contributed by atoms with Crippen molar-refractivity contribution in [1.82, 2.24) is 0 Å². The highest BCUT2D eigenvalue weighted by Crippen LogP contribution is 2.36. The molecule has 2 aliphatic rings. The largest absolute Gasteiger partial charge is 0.454 e. The molecule has 2 heterocycles. The summed E-state index contributed by atoms with van der Waals surface area (Å²) in [6, 6.07) is 15.0. The third kappa shape index (κ3) is 3.26. The van der Waals surface area contributed by atoms with Crippen molar-refractivity contribution in [3.05, 3.63) is 88.9 Å². The van der Waals surface area contributed by atoms with E-state index in [9.17, 15) is 14.0 Å². The zero-order valence-electron chi connectivity index (χ0n) is 15.4. The van der Waals surface area contributed by atoms with Gasteiger partial charge in [-0.3, -0.25) is 4.79 Å². The van der Waals surface area contributed by atoms with Gasteiger partial charge in [0.1, 0.15) is 17.3 Å². The highest BCUT2D eigenvalue weighted by atomic mass is 19.1. The van der Waals surface area contributed by atoms with Crippen LogP contribution in [0.4, 0.5) is 4.39 Å². The summed E-state index contributed by atoms with van der Waals surface area (Å²) in [5.74, 6) is 0.405. The molecule has 5 rings (SSSR count). The third-order valence-electron chi connectivity index (χ3n) is 4.63. The number of ether oxygens (including phenoxy) is 4. The van der Waals surface area contributed by atoms with Gasteiger partial charge in [0.05, 0.1) is 11.1 Å². The van der Waals surface area contributed by atoms with Gasteiger partial charge in [-0.15, -0.1) is 0 Å². The Bertz CT molecular complexity index is 1210. The first-order valence-electron chi connectivity index (χ1n) is 9.02. The minimum Gasteiger partial charge on any atom is -0.454 e. The molecule has 0 spiro atoms. The van der Waals surface area contributed by atoms with E-state index in [0.717, 1.165) is 0 Å². The number of benzene rings is 3. The second kappa shape index (κ2) is 7.04. The van der Waals surface area contributed by atoms with Crippen LogP contribution in [-0.2, 0) is 0 Å². The van der Waals surface area contributed by atoms with Crippen molar-refractivity contribution in [3.8, 4) is 23.0 Å². The number of esters is 1. The lowest BCUT2D eigenvalue weighted by atomic mass is 10.1. The van der Waals surface area contributed by atoms with E-state index in [2.05, 4.69) is 0 Å². The number of hydrogen-bond donors (Lipinski definition) is 0. The molecule has 3 aromatic rings. The number of Topliss-reactive ketones (excluding diaryl/α,β-unsaturated/α-hetero) is 1. The zero-order valence-corrected chi connectivity index (χ0v) is 15.4. The van der Waals surface area contributed by atoms with Crippen molar-refractivity contribution in [1.29, 1.82) is 0 Å². The molecule has 7 heteroatoms. The SMILES string of the molecule is O=C(Oc1ccc2c(c1)O/C(=C/c1ccc(F)cc1)C2=O)c1ccc2c(c1)OCO2. The van der Waals surface area contributed by atoms with Gasteiger partial charge in [-0.25, -0.2) is 9.18 Å². The van der Waals surface area contributed by atoms with E-state index < -0.39 is 5.97 Å². The number of fused-ring (bicyclic) bond motifs is 2. The molecule has 0 amide bonds. The molecule has 0 aliphatic carbocycles. The fourth-order valence-electron chi connectivity index (χ4n) is 3.13. The summed E-state index contributed by atoms with van der Waals surface area (Å²) < 4.78 is 34.6. The fourth-order valence-corrected chi connectivity index (χ4v) is 3.13. The Balaban J connectivity index is 1.35. The number of allylic oxidation sites excluding steroid dienone is 1. The van der Waals surface area contributed by atoms with E-state index >= 15 is 0 Å². The first-order valence-corrected chi connectivity index (χ1v) is 9.02. The van der Waals surface area contributed by atoms with Crippen molar-refractivity contribution < 1.29 is 32.9 Å². The molecule has 0 fully saturated rings. The summed E-state index contributed by atoms with van der Waals surface area (Å²) in [6.45, 7) is 0.109. The third-order valence-corrected chi connectivity index (χ3v) is 4.63. The Labute approximate surface area is 170 Å². The van der Waals surface area contributed by atoms with Crippen LogP contribution in [0.1, 0.15) is 26.3 Å². The van der Waals surface area contributed by atoms with Crippen LogP contribution in [0.3, 0.4) is 0 Å². The van der Waals surface area contributed by atoms with Crippen LogP contribution >= 0.6 is 0 Å². The van der Waals surface area contributed by atoms with E-state index in [1.54, 1.807) is 30.3 Å². The van der Waals surface area contributed by atoms with Gasteiger partial charge >= 0.3 is 5.97 Å². The minimum absolute atomic E-state index is 0.107. The molecule has 148 valence electrons. The average molecular weight is 404 g/mol. The zero-order chi connectivity index (χ0) is 20.7. The number of halogens is 1. The molecule has 0 aromatic heterocycles. The molecular formula is C23H13FO6. The maximum Gasteiger partial charge on any atom is 0.343 e. The Hall–Kier alpha value is -4.13. The molecule has 0 unspecified atom stereocenters. The van der Waals surface area contributed by atoms with E-state index in [0.29, 0.717) is 28.2 Å². The van der Waals surface area contributed by atoms with Gasteiger partial charge in [-0.05, 0) is 54.1 Å². The van der Waals surface area contributed by atoms with Crippen LogP contribution in [0.25, 0.3) is 6.08 Å². The van der Waals surface area contributed by atoms with Crippen LogP contribution in [0.2, 0.25) is 0 Å². The van der Waals surface area contributed by atoms with Crippen molar-refractivity contribution in [3.63, 3.8) is 0 Å². The van der Waals surface area contributed by atoms with Crippen LogP contribution < -0.4 is 18.9 Å². The Kier molecular flexibility index (Phi) is 4.21. The predicted octanol–water partition coefficient (Wildman–Crippen LogP) is 4.39. The number of ketones is 1. The van der Waals surface area contributed by atoms with Crippen molar-refractivity contribution in [2.75, 3.05) is 6.79 Å². The van der Waals surface area contributed by atoms with Gasteiger partial charge in [0.2, 0.25) is 12.6 Å². The summed E-state index contributed by atoms with van der Waals surface area (Å²) in [5, 5.41) is 0. The molecule has 0 saturated carbocycles. The summed E-state index contributed by atoms with van der Waals surface area (Å²) in [5.41, 5.74) is 1.28. The number of carbonyl (C=O) groups excluding carboxylic acids is 2. The van der Waals surface area contributed by atoms with E-state index in [4.69, 9.17) is 18.9 Å². The monoisotopic (exact) mass is 404 g/mol. The number of rotatable bonds is 3. The van der Waals surface area contributed by atoms with E-state index in [1.807, 2.05) is 0 Å². The molecule has 0 N–H and O–H groups in total. The lowest BCUT2D eigenvalue weighted by Crippen LogP contribution is -2.08. The predicted molar refractivity (Wildman–Crippen MR) is 103 cm³/mol. The summed E-state index contributed by atoms with van der Waals surface area (Å²) in [7, 11) is 0. The smallest absolute Gasteiger partial charge is 0.343 e. The highest BCUT2D eigenvalue weighted by molar-refractivity contribution is 6.14. The van der Waals surface area contributed by atoms with Gasteiger partial charge in [0.15, 0.2) is 17.3 Å². The lowest BCUT2D eigenvalue weighted by Gasteiger charge is -2.06. The van der Waals surface area contributed by atoms with Crippen LogP contribution in [0, 0.1) is 5.82 Å². The average Bonchev–Trinajstić information content (AvgIpc) is 3.33. The maximum absolute atomic E-state index is 13.1. The van der Waals surface area contributed by atoms with Crippen LogP contribution in [0.5, 0.6) is 23.0 Å². The molecule has 0 saturated heterocycles. The molecule has 6 nitrogen and oxygen atoms in total. The van der Waals surface area contributed by atoms with Gasteiger partial charge < -0.3 is 18.9 Å². The Morgan fingerprint density at radius 2 is 1.73 bits per heavy atom. The molecule has 30 heavy (non-hydrogen) atoms. The summed E-state index contributed by atoms with van der Waals surface area (Å²) >= 11 is 0. The Morgan fingerprint density at radius 3 is 2.57 bits per heavy atom. The van der Waals surface area contributed by atoms with Crippen molar-refractivity contribution >= 4 is 17.8 Å². The quantitative estimate of drug-likeness (QED) is 0.366. The highest BCUT2D eigenvalue weighted by Gasteiger charge is 2.28. The molecule has 0 bridgehead atoms. The lowest BCUT2D eigenvalue weighted by molar-refractivity contribution is 0.0734. The topological polar surface area (TPSA) is 71.1 Å². The molecular weight excluding hydrogens is 391 g/mol. The van der Waals surface area contributed by atoms with Gasteiger partial charge in [0.25, 0.3) is 0 Å². The summed E-state index contributed by atoms with van der Waals surface area (Å²) in [6.07, 6.45) is 1.53. The Morgan fingerprint density at radius 1 is 0.933 bits per heavy atom. The summed E-state index contributed by atoms with van der Waals surface area (Å²) in [4.78, 5) is 25.0. The molecule has 3 aromatic carbocycles. The van der Waals surface area contributed by atoms with E-state index in [1.165, 1.54) is 36.4 Å². The van der Waals surface area contributed by atoms with Gasteiger partial charge in [-0.1, -0.05) is 12.1 Å². The molecule has 0 radical (unpaired) electrons. The minimum atomic E-state index is -0.584. The maximum atomic E-state index is 13.1. The van der Waals surface area contributed by atoms with Gasteiger partial charge in [0, 0.05) is 6.07 Å². The van der Waals surface area contributed by atoms with E-state index in [-0.39, 0.29) is 35.7 Å².